The van der Waals surface area contributed by atoms with Crippen molar-refractivity contribution in [1.29, 1.82) is 0 Å². The van der Waals surface area contributed by atoms with Crippen LogP contribution in [0.3, 0.4) is 0 Å². The molecule has 3 amide bonds. The van der Waals surface area contributed by atoms with E-state index in [1.807, 2.05) is 39.2 Å². The Morgan fingerprint density at radius 2 is 1.78 bits per heavy atom. The standard InChI is InChI=1S/C24H26N4O3S/c1-16-7-4-10-19-22(16)25-24(32-19)27(14-6-13-26(2)3)23(31)17-8-5-9-18(15-17)28-20(29)11-12-21(28)30/h4-5,7-10,15H,6,11-14H2,1-3H3. The van der Waals surface area contributed by atoms with Crippen molar-refractivity contribution < 1.29 is 14.4 Å². The van der Waals surface area contributed by atoms with Gasteiger partial charge in [0.05, 0.1) is 15.9 Å². The minimum Gasteiger partial charge on any atom is -0.309 e. The Morgan fingerprint density at radius 3 is 2.47 bits per heavy atom. The van der Waals surface area contributed by atoms with Crippen molar-refractivity contribution in [3.63, 3.8) is 0 Å². The van der Waals surface area contributed by atoms with Gasteiger partial charge in [0.2, 0.25) is 11.8 Å². The number of aryl methyl sites for hydroxylation is 1. The van der Waals surface area contributed by atoms with E-state index in [1.54, 1.807) is 29.2 Å². The van der Waals surface area contributed by atoms with E-state index < -0.39 is 0 Å². The first-order valence-electron chi connectivity index (χ1n) is 10.6. The number of benzene rings is 2. The normalized spacial score (nSPS) is 14.1. The summed E-state index contributed by atoms with van der Waals surface area (Å²) in [4.78, 5) is 47.6. The fourth-order valence-corrected chi connectivity index (χ4v) is 4.89. The molecule has 7 nitrogen and oxygen atoms in total. The minimum atomic E-state index is -0.232. The number of fused-ring (bicyclic) bond motifs is 1. The van der Waals surface area contributed by atoms with Gasteiger partial charge in [0.25, 0.3) is 5.91 Å². The first-order valence-corrected chi connectivity index (χ1v) is 11.5. The summed E-state index contributed by atoms with van der Waals surface area (Å²) in [6.07, 6.45) is 1.20. The van der Waals surface area contributed by atoms with E-state index in [1.165, 1.54) is 16.2 Å². The molecule has 0 N–H and O–H groups in total. The van der Waals surface area contributed by atoms with Crippen molar-refractivity contribution in [2.45, 2.75) is 26.2 Å². The van der Waals surface area contributed by atoms with Crippen LogP contribution in [0.2, 0.25) is 0 Å². The molecule has 166 valence electrons. The van der Waals surface area contributed by atoms with Crippen LogP contribution in [0.5, 0.6) is 0 Å². The second-order valence-electron chi connectivity index (χ2n) is 8.20. The maximum absolute atomic E-state index is 13.6. The van der Waals surface area contributed by atoms with Crippen LogP contribution < -0.4 is 9.80 Å². The number of anilines is 2. The van der Waals surface area contributed by atoms with Gasteiger partial charge in [0.15, 0.2) is 5.13 Å². The van der Waals surface area contributed by atoms with Gasteiger partial charge in [-0.1, -0.05) is 29.5 Å². The van der Waals surface area contributed by atoms with Crippen LogP contribution in [0, 0.1) is 6.92 Å². The molecular weight excluding hydrogens is 424 g/mol. The summed E-state index contributed by atoms with van der Waals surface area (Å²) in [6.45, 7) is 3.36. The molecule has 1 aromatic heterocycles. The van der Waals surface area contributed by atoms with Crippen LogP contribution in [0.1, 0.15) is 35.2 Å². The van der Waals surface area contributed by atoms with Crippen molar-refractivity contribution in [2.24, 2.45) is 0 Å². The summed E-state index contributed by atoms with van der Waals surface area (Å²) in [5.74, 6) is -0.658. The van der Waals surface area contributed by atoms with Crippen molar-refractivity contribution in [2.75, 3.05) is 37.0 Å². The highest BCUT2D eigenvalue weighted by atomic mass is 32.1. The first-order chi connectivity index (χ1) is 15.3. The highest BCUT2D eigenvalue weighted by molar-refractivity contribution is 7.22. The van der Waals surface area contributed by atoms with Gasteiger partial charge in [-0.05, 0) is 63.8 Å². The van der Waals surface area contributed by atoms with Gasteiger partial charge < -0.3 is 4.90 Å². The van der Waals surface area contributed by atoms with Gasteiger partial charge in [-0.3, -0.25) is 24.2 Å². The fraction of sp³-hybridized carbons (Fsp3) is 0.333. The number of carbonyl (C=O) groups excluding carboxylic acids is 3. The molecule has 0 atom stereocenters. The Labute approximate surface area is 191 Å². The average Bonchev–Trinajstić information content (AvgIpc) is 3.34. The third-order valence-electron chi connectivity index (χ3n) is 5.48. The summed E-state index contributed by atoms with van der Waals surface area (Å²) >= 11 is 1.49. The lowest BCUT2D eigenvalue weighted by Crippen LogP contribution is -2.34. The predicted molar refractivity (Wildman–Crippen MR) is 127 cm³/mol. The van der Waals surface area contributed by atoms with E-state index >= 15 is 0 Å². The topological polar surface area (TPSA) is 73.8 Å². The molecule has 1 fully saturated rings. The average molecular weight is 451 g/mol. The molecule has 2 aromatic carbocycles. The number of para-hydroxylation sites is 1. The van der Waals surface area contributed by atoms with Crippen LogP contribution in [-0.4, -0.2) is 54.8 Å². The molecule has 8 heteroatoms. The Hall–Kier alpha value is -3.10. The molecule has 0 saturated carbocycles. The lowest BCUT2D eigenvalue weighted by Gasteiger charge is -2.22. The van der Waals surface area contributed by atoms with Crippen molar-refractivity contribution in [3.05, 3.63) is 53.6 Å². The van der Waals surface area contributed by atoms with Gasteiger partial charge in [0, 0.05) is 24.9 Å². The largest absolute Gasteiger partial charge is 0.309 e. The molecule has 0 bridgehead atoms. The molecule has 2 heterocycles. The molecule has 1 saturated heterocycles. The number of nitrogens with zero attached hydrogens (tertiary/aromatic N) is 4. The number of rotatable bonds is 7. The molecule has 1 aliphatic rings. The fourth-order valence-electron chi connectivity index (χ4n) is 3.82. The van der Waals surface area contributed by atoms with Gasteiger partial charge in [-0.2, -0.15) is 0 Å². The zero-order valence-electron chi connectivity index (χ0n) is 18.5. The molecule has 0 aliphatic carbocycles. The first kappa shape index (κ1) is 22.1. The van der Waals surface area contributed by atoms with E-state index in [4.69, 9.17) is 4.98 Å². The number of amides is 3. The summed E-state index contributed by atoms with van der Waals surface area (Å²) in [7, 11) is 4.00. The number of hydrogen-bond donors (Lipinski definition) is 0. The Balaban J connectivity index is 1.68. The summed E-state index contributed by atoms with van der Waals surface area (Å²) < 4.78 is 1.03. The molecule has 4 rings (SSSR count). The number of thiazole rings is 1. The van der Waals surface area contributed by atoms with Gasteiger partial charge in [-0.25, -0.2) is 4.98 Å². The van der Waals surface area contributed by atoms with E-state index in [0.717, 1.165) is 28.7 Å². The summed E-state index contributed by atoms with van der Waals surface area (Å²) in [6, 6.07) is 12.8. The monoisotopic (exact) mass is 450 g/mol. The maximum atomic E-state index is 13.6. The molecule has 0 unspecified atom stereocenters. The molecule has 1 aliphatic heterocycles. The van der Waals surface area contributed by atoms with E-state index in [-0.39, 0.29) is 30.6 Å². The molecular formula is C24H26N4O3S. The highest BCUT2D eigenvalue weighted by Crippen LogP contribution is 2.32. The zero-order chi connectivity index (χ0) is 22.8. The summed E-state index contributed by atoms with van der Waals surface area (Å²) in [5.41, 5.74) is 2.84. The van der Waals surface area contributed by atoms with E-state index in [2.05, 4.69) is 4.90 Å². The van der Waals surface area contributed by atoms with Crippen LogP contribution in [0.4, 0.5) is 10.8 Å². The highest BCUT2D eigenvalue weighted by Gasteiger charge is 2.31. The molecule has 32 heavy (non-hydrogen) atoms. The number of aromatic nitrogens is 1. The number of carbonyl (C=O) groups is 3. The quantitative estimate of drug-likeness (QED) is 0.511. The van der Waals surface area contributed by atoms with E-state index in [9.17, 15) is 14.4 Å². The lowest BCUT2D eigenvalue weighted by atomic mass is 10.1. The maximum Gasteiger partial charge on any atom is 0.260 e. The lowest BCUT2D eigenvalue weighted by molar-refractivity contribution is -0.121. The number of imide groups is 1. The molecule has 0 radical (unpaired) electrons. The second-order valence-corrected chi connectivity index (χ2v) is 9.21. The Kier molecular flexibility index (Phi) is 6.34. The summed E-state index contributed by atoms with van der Waals surface area (Å²) in [5, 5.41) is 0.650. The van der Waals surface area contributed by atoms with Crippen LogP contribution in [-0.2, 0) is 9.59 Å². The Morgan fingerprint density at radius 1 is 1.06 bits per heavy atom. The van der Waals surface area contributed by atoms with Crippen LogP contribution in [0.25, 0.3) is 10.2 Å². The van der Waals surface area contributed by atoms with Crippen LogP contribution >= 0.6 is 11.3 Å². The second kappa shape index (κ2) is 9.18. The number of hydrogen-bond acceptors (Lipinski definition) is 6. The van der Waals surface area contributed by atoms with E-state index in [0.29, 0.717) is 22.9 Å². The van der Waals surface area contributed by atoms with Crippen molar-refractivity contribution >= 4 is 50.1 Å². The SMILES string of the molecule is Cc1cccc2sc(N(CCCN(C)C)C(=O)c3cccc(N4C(=O)CCC4=O)c3)nc12. The third-order valence-corrected chi connectivity index (χ3v) is 6.52. The predicted octanol–water partition coefficient (Wildman–Crippen LogP) is 3.86. The van der Waals surface area contributed by atoms with Crippen LogP contribution in [0.15, 0.2) is 42.5 Å². The zero-order valence-corrected chi connectivity index (χ0v) is 19.3. The van der Waals surface area contributed by atoms with Gasteiger partial charge in [-0.15, -0.1) is 0 Å². The van der Waals surface area contributed by atoms with Crippen molar-refractivity contribution in [3.8, 4) is 0 Å². The molecule has 3 aromatic rings. The Bertz CT molecular complexity index is 1170. The third kappa shape index (κ3) is 4.42. The van der Waals surface area contributed by atoms with Crippen molar-refractivity contribution in [1.82, 2.24) is 9.88 Å². The minimum absolute atomic E-state index is 0.193. The van der Waals surface area contributed by atoms with Gasteiger partial charge >= 0.3 is 0 Å². The molecule has 0 spiro atoms. The van der Waals surface area contributed by atoms with Gasteiger partial charge in [0.1, 0.15) is 0 Å². The smallest absolute Gasteiger partial charge is 0.260 e.